The minimum Gasteiger partial charge on any atom is -0.394 e. The average molecular weight is 916 g/mol. The Kier molecular flexibility index (Phi) is 27.0. The monoisotopic (exact) mass is 916 g/mol. The zero-order valence-corrected chi connectivity index (χ0v) is 38.8. The lowest BCUT2D eigenvalue weighted by Crippen LogP contribution is -2.34. The number of hydrogen-bond acceptors (Lipinski definition) is 15. The van der Waals surface area contributed by atoms with Gasteiger partial charge in [0.2, 0.25) is 11.8 Å². The number of ether oxygens (including phenoxy) is 10. The van der Waals surface area contributed by atoms with Crippen LogP contribution in [0.3, 0.4) is 0 Å². The number of fused-ring (bicyclic) bond motifs is 5. The van der Waals surface area contributed by atoms with Gasteiger partial charge >= 0.3 is 0 Å². The van der Waals surface area contributed by atoms with E-state index in [1.54, 1.807) is 4.90 Å². The Balaban J connectivity index is 1.09. The minimum absolute atomic E-state index is 0.0128. The van der Waals surface area contributed by atoms with Gasteiger partial charge in [-0.1, -0.05) is 68.4 Å². The predicted octanol–water partition coefficient (Wildman–Crippen LogP) is 3.95. The number of nitrogens with zero attached hydrogens (tertiary/aromatic N) is 4. The molecular formula is C47H73N5O13. The van der Waals surface area contributed by atoms with Crippen LogP contribution in [0.2, 0.25) is 0 Å². The summed E-state index contributed by atoms with van der Waals surface area (Å²) in [5.41, 5.74) is 5.12. The first kappa shape index (κ1) is 53.7. The molecule has 0 aliphatic carbocycles. The van der Waals surface area contributed by atoms with Crippen molar-refractivity contribution in [2.75, 3.05) is 150 Å². The number of nitrogens with one attached hydrogen (secondary N) is 1. The van der Waals surface area contributed by atoms with Gasteiger partial charge in [0.15, 0.2) is 0 Å². The van der Waals surface area contributed by atoms with Crippen molar-refractivity contribution in [1.29, 1.82) is 0 Å². The molecule has 3 aromatic rings. The van der Waals surface area contributed by atoms with E-state index < -0.39 is 0 Å². The van der Waals surface area contributed by atoms with Crippen molar-refractivity contribution in [3.63, 3.8) is 0 Å². The standard InChI is InChI=1S/C47H73N5O13/c1-47(2,3)14-18-56-22-23-57-19-15-48-43(54)12-13-44(55)51-38-39-8-4-5-9-40(39)46-45(41-10-6-7-11-42(41)51)49-50-52(46)16-20-58-24-26-60-28-30-62-32-34-64-36-37-65-35-33-63-31-29-61-27-25-59-21-17-53/h4-11,53H,12-38H2,1-3H3,(H,48,54). The molecule has 1 aliphatic heterocycles. The SMILES string of the molecule is CC(C)(C)CCOCCOCCNC(=O)CCC(=O)N1Cc2ccccc2-c2c(nnn2CCOCCOCCOCCOCCOCCOCCOCCOCCO)-c2ccccc21. The molecule has 2 N–H and O–H groups in total. The zero-order chi connectivity index (χ0) is 46.2. The van der Waals surface area contributed by atoms with E-state index in [1.807, 2.05) is 53.2 Å². The number of anilines is 1. The Labute approximate surface area is 384 Å². The van der Waals surface area contributed by atoms with E-state index >= 15 is 0 Å². The van der Waals surface area contributed by atoms with E-state index in [9.17, 15) is 9.59 Å². The quantitative estimate of drug-likeness (QED) is 0.0790. The lowest BCUT2D eigenvalue weighted by atomic mass is 9.93. The minimum atomic E-state index is -0.204. The summed E-state index contributed by atoms with van der Waals surface area (Å²) in [6, 6.07) is 15.6. The highest BCUT2D eigenvalue weighted by Crippen LogP contribution is 2.41. The number of benzene rings is 2. The fraction of sp³-hybridized carbons (Fsp3) is 0.660. The van der Waals surface area contributed by atoms with Crippen molar-refractivity contribution >= 4 is 17.5 Å². The molecule has 65 heavy (non-hydrogen) atoms. The zero-order valence-electron chi connectivity index (χ0n) is 38.8. The summed E-state index contributed by atoms with van der Waals surface area (Å²) in [6.45, 7) is 16.9. The highest BCUT2D eigenvalue weighted by molar-refractivity contribution is 6.01. The summed E-state index contributed by atoms with van der Waals surface area (Å²) in [4.78, 5) is 28.3. The maximum Gasteiger partial charge on any atom is 0.227 e. The molecule has 18 heteroatoms. The van der Waals surface area contributed by atoms with Gasteiger partial charge in [0, 0.05) is 37.1 Å². The molecule has 2 heterocycles. The van der Waals surface area contributed by atoms with Crippen molar-refractivity contribution in [1.82, 2.24) is 20.3 Å². The molecular weight excluding hydrogens is 843 g/mol. The van der Waals surface area contributed by atoms with Crippen LogP contribution in [0.5, 0.6) is 0 Å². The van der Waals surface area contributed by atoms with Gasteiger partial charge in [-0.15, -0.1) is 5.10 Å². The molecule has 364 valence electrons. The number of rotatable bonds is 37. The summed E-state index contributed by atoms with van der Waals surface area (Å²) in [5, 5.41) is 20.7. The summed E-state index contributed by atoms with van der Waals surface area (Å²) in [5.74, 6) is -0.364. The third-order valence-corrected chi connectivity index (χ3v) is 9.88. The van der Waals surface area contributed by atoms with Gasteiger partial charge in [0.25, 0.3) is 0 Å². The van der Waals surface area contributed by atoms with E-state index in [-0.39, 0.29) is 36.7 Å². The number of carbonyl (C=O) groups is 2. The summed E-state index contributed by atoms with van der Waals surface area (Å²) in [7, 11) is 0. The van der Waals surface area contributed by atoms with Gasteiger partial charge in [0.1, 0.15) is 5.69 Å². The topological polar surface area (TPSA) is 193 Å². The van der Waals surface area contributed by atoms with Gasteiger partial charge in [-0.2, -0.15) is 0 Å². The number of amides is 2. The van der Waals surface area contributed by atoms with E-state index in [0.29, 0.717) is 163 Å². The van der Waals surface area contributed by atoms with Gasteiger partial charge < -0.3 is 62.7 Å². The molecule has 0 radical (unpaired) electrons. The number of aliphatic hydroxyl groups is 1. The van der Waals surface area contributed by atoms with Gasteiger partial charge in [-0.25, -0.2) is 4.68 Å². The molecule has 2 aromatic carbocycles. The van der Waals surface area contributed by atoms with Crippen LogP contribution < -0.4 is 10.2 Å². The predicted molar refractivity (Wildman–Crippen MR) is 244 cm³/mol. The van der Waals surface area contributed by atoms with Crippen LogP contribution in [-0.2, 0) is 70.0 Å². The summed E-state index contributed by atoms with van der Waals surface area (Å²) >= 11 is 0. The second kappa shape index (κ2) is 32.7. The number of aromatic nitrogens is 3. The van der Waals surface area contributed by atoms with Gasteiger partial charge in [-0.05, 0) is 23.5 Å². The summed E-state index contributed by atoms with van der Waals surface area (Å²) < 4.78 is 57.2. The fourth-order valence-corrected chi connectivity index (χ4v) is 6.46. The lowest BCUT2D eigenvalue weighted by Gasteiger charge is -2.28. The van der Waals surface area contributed by atoms with Crippen LogP contribution >= 0.6 is 0 Å². The molecule has 0 bridgehead atoms. The molecule has 0 saturated carbocycles. The Morgan fingerprint density at radius 2 is 1.08 bits per heavy atom. The van der Waals surface area contributed by atoms with Crippen molar-refractivity contribution < 1.29 is 62.1 Å². The third-order valence-electron chi connectivity index (χ3n) is 9.88. The Morgan fingerprint density at radius 1 is 0.600 bits per heavy atom. The smallest absolute Gasteiger partial charge is 0.227 e. The first-order valence-corrected chi connectivity index (χ1v) is 22.8. The molecule has 1 aliphatic rings. The molecule has 1 aromatic heterocycles. The molecule has 2 amide bonds. The van der Waals surface area contributed by atoms with Gasteiger partial charge in [-0.3, -0.25) is 9.59 Å². The normalized spacial score (nSPS) is 12.4. The first-order chi connectivity index (χ1) is 31.8. The number of carbonyl (C=O) groups excluding carboxylic acids is 2. The maximum absolute atomic E-state index is 13.9. The van der Waals surface area contributed by atoms with Crippen molar-refractivity contribution in [2.24, 2.45) is 5.41 Å². The molecule has 4 rings (SSSR count). The molecule has 18 nitrogen and oxygen atoms in total. The van der Waals surface area contributed by atoms with Gasteiger partial charge in [0.05, 0.1) is 157 Å². The molecule has 0 spiro atoms. The number of hydrogen-bond donors (Lipinski definition) is 2. The molecule has 0 unspecified atom stereocenters. The molecule has 0 atom stereocenters. The highest BCUT2D eigenvalue weighted by atomic mass is 16.6. The Hall–Kier alpha value is -3.92. The van der Waals surface area contributed by atoms with Crippen LogP contribution in [0.1, 0.15) is 45.6 Å². The van der Waals surface area contributed by atoms with E-state index in [4.69, 9.17) is 52.5 Å². The Bertz CT molecular complexity index is 1740. The molecule has 0 fully saturated rings. The van der Waals surface area contributed by atoms with Crippen LogP contribution in [0.25, 0.3) is 22.5 Å². The molecule has 0 saturated heterocycles. The van der Waals surface area contributed by atoms with Crippen LogP contribution in [-0.4, -0.2) is 177 Å². The van der Waals surface area contributed by atoms with Crippen molar-refractivity contribution in [3.8, 4) is 22.5 Å². The van der Waals surface area contributed by atoms with E-state index in [0.717, 1.165) is 28.8 Å². The van der Waals surface area contributed by atoms with Crippen LogP contribution in [0, 0.1) is 5.41 Å². The largest absolute Gasteiger partial charge is 0.394 e. The summed E-state index contributed by atoms with van der Waals surface area (Å²) in [6.07, 6.45) is 1.09. The number of aliphatic hydroxyl groups excluding tert-OH is 1. The van der Waals surface area contributed by atoms with Crippen molar-refractivity contribution in [3.05, 3.63) is 54.1 Å². The fourth-order valence-electron chi connectivity index (χ4n) is 6.46. The van der Waals surface area contributed by atoms with Crippen molar-refractivity contribution in [2.45, 2.75) is 53.1 Å². The van der Waals surface area contributed by atoms with Crippen LogP contribution in [0.15, 0.2) is 48.5 Å². The van der Waals surface area contributed by atoms with E-state index in [1.165, 1.54) is 0 Å². The lowest BCUT2D eigenvalue weighted by molar-refractivity contribution is -0.125. The van der Waals surface area contributed by atoms with E-state index in [2.05, 4.69) is 36.4 Å². The highest BCUT2D eigenvalue weighted by Gasteiger charge is 2.29. The maximum atomic E-state index is 13.9. The second-order valence-electron chi connectivity index (χ2n) is 16.2. The Morgan fingerprint density at radius 3 is 1.63 bits per heavy atom. The third kappa shape index (κ3) is 22.0. The number of para-hydroxylation sites is 1. The average Bonchev–Trinajstić information content (AvgIpc) is 3.71. The van der Waals surface area contributed by atoms with Crippen LogP contribution in [0.4, 0.5) is 5.69 Å². The second-order valence-corrected chi connectivity index (χ2v) is 16.2. The first-order valence-electron chi connectivity index (χ1n) is 22.8.